The van der Waals surface area contributed by atoms with Gasteiger partial charge in [0.2, 0.25) is 5.82 Å². The van der Waals surface area contributed by atoms with E-state index in [0.717, 1.165) is 22.3 Å². The summed E-state index contributed by atoms with van der Waals surface area (Å²) in [6, 6.07) is 15.9. The number of H-pyrrole nitrogens is 1. The predicted octanol–water partition coefficient (Wildman–Crippen LogP) is 3.17. The van der Waals surface area contributed by atoms with Crippen LogP contribution in [0.25, 0.3) is 22.5 Å². The molecule has 0 spiro atoms. The lowest BCUT2D eigenvalue weighted by molar-refractivity contribution is 0.0683. The van der Waals surface area contributed by atoms with Gasteiger partial charge >= 0.3 is 5.97 Å². The number of rotatable bonds is 5. The van der Waals surface area contributed by atoms with Gasteiger partial charge in [0.15, 0.2) is 0 Å². The standard InChI is InChI=1S/C21H21N7O2/c1-21(2,3)20-22-18(19(29)30)25-28(20)12-13-8-10-14(11-9-13)15-6-4-5-7-16(15)17-23-26-27-24-17/h4-11H,12H2,1-3H3,(H,29,30)(H,23,24,26,27). The van der Waals surface area contributed by atoms with E-state index in [4.69, 9.17) is 0 Å². The van der Waals surface area contributed by atoms with Gasteiger partial charge in [0.1, 0.15) is 5.82 Å². The van der Waals surface area contributed by atoms with E-state index in [0.29, 0.717) is 18.2 Å². The van der Waals surface area contributed by atoms with Crippen molar-refractivity contribution in [2.45, 2.75) is 32.7 Å². The Morgan fingerprint density at radius 3 is 2.37 bits per heavy atom. The molecule has 0 radical (unpaired) electrons. The molecule has 152 valence electrons. The first-order valence-corrected chi connectivity index (χ1v) is 9.44. The number of hydrogen-bond donors (Lipinski definition) is 2. The Hall–Kier alpha value is -3.88. The minimum Gasteiger partial charge on any atom is -0.475 e. The molecule has 0 aliphatic carbocycles. The van der Waals surface area contributed by atoms with E-state index in [1.807, 2.05) is 69.3 Å². The van der Waals surface area contributed by atoms with Gasteiger partial charge in [-0.2, -0.15) is 5.21 Å². The number of aromatic amines is 1. The number of nitrogens with zero attached hydrogens (tertiary/aromatic N) is 6. The lowest BCUT2D eigenvalue weighted by Gasteiger charge is -2.18. The second-order valence-electron chi connectivity index (χ2n) is 7.95. The van der Waals surface area contributed by atoms with Crippen LogP contribution >= 0.6 is 0 Å². The zero-order valence-corrected chi connectivity index (χ0v) is 16.9. The first-order valence-electron chi connectivity index (χ1n) is 9.44. The van der Waals surface area contributed by atoms with Crippen molar-refractivity contribution >= 4 is 5.97 Å². The maximum Gasteiger partial charge on any atom is 0.375 e. The molecular formula is C21H21N7O2. The van der Waals surface area contributed by atoms with Crippen LogP contribution < -0.4 is 0 Å². The number of hydrogen-bond acceptors (Lipinski definition) is 6. The Labute approximate surface area is 172 Å². The molecule has 2 aromatic carbocycles. The van der Waals surface area contributed by atoms with Gasteiger partial charge < -0.3 is 5.11 Å². The fourth-order valence-electron chi connectivity index (χ4n) is 3.27. The first kappa shape index (κ1) is 19.4. The number of carboxylic acids is 1. The Bertz CT molecular complexity index is 1170. The molecule has 0 bridgehead atoms. The highest BCUT2D eigenvalue weighted by Gasteiger charge is 2.25. The molecule has 0 amide bonds. The van der Waals surface area contributed by atoms with Crippen LogP contribution in [-0.4, -0.2) is 46.5 Å². The number of carbonyl (C=O) groups is 1. The summed E-state index contributed by atoms with van der Waals surface area (Å²) in [4.78, 5) is 15.5. The highest BCUT2D eigenvalue weighted by Crippen LogP contribution is 2.30. The average molecular weight is 403 g/mol. The number of tetrazole rings is 1. The van der Waals surface area contributed by atoms with Crippen LogP contribution in [0.3, 0.4) is 0 Å². The molecule has 2 N–H and O–H groups in total. The molecule has 0 aliphatic heterocycles. The SMILES string of the molecule is CC(C)(C)c1nc(C(=O)O)nn1Cc1ccc(-c2ccccc2-c2nn[nH]n2)cc1. The van der Waals surface area contributed by atoms with Crippen LogP contribution in [0, 0.1) is 0 Å². The summed E-state index contributed by atoms with van der Waals surface area (Å²) in [6.07, 6.45) is 0. The Balaban J connectivity index is 1.65. The third kappa shape index (κ3) is 3.82. The van der Waals surface area contributed by atoms with Gasteiger partial charge in [0.25, 0.3) is 5.82 Å². The quantitative estimate of drug-likeness (QED) is 0.525. The van der Waals surface area contributed by atoms with E-state index in [2.05, 4.69) is 30.7 Å². The molecule has 4 rings (SSSR count). The Morgan fingerprint density at radius 1 is 1.07 bits per heavy atom. The fraction of sp³-hybridized carbons (Fsp3) is 0.238. The van der Waals surface area contributed by atoms with Gasteiger partial charge in [-0.1, -0.05) is 69.3 Å². The molecule has 2 aromatic heterocycles. The highest BCUT2D eigenvalue weighted by atomic mass is 16.4. The third-order valence-electron chi connectivity index (χ3n) is 4.64. The minimum atomic E-state index is -1.13. The van der Waals surface area contributed by atoms with E-state index < -0.39 is 5.97 Å². The molecular weight excluding hydrogens is 382 g/mol. The van der Waals surface area contributed by atoms with E-state index in [1.165, 1.54) is 0 Å². The number of carboxylic acid groups (broad SMARTS) is 1. The third-order valence-corrected chi connectivity index (χ3v) is 4.64. The van der Waals surface area contributed by atoms with E-state index in [-0.39, 0.29) is 11.2 Å². The molecule has 4 aromatic rings. The minimum absolute atomic E-state index is 0.189. The zero-order valence-electron chi connectivity index (χ0n) is 16.9. The van der Waals surface area contributed by atoms with Crippen molar-refractivity contribution in [3.05, 3.63) is 65.7 Å². The molecule has 0 fully saturated rings. The summed E-state index contributed by atoms with van der Waals surface area (Å²) in [5, 5.41) is 27.7. The maximum absolute atomic E-state index is 11.3. The summed E-state index contributed by atoms with van der Waals surface area (Å²) >= 11 is 0. The predicted molar refractivity (Wildman–Crippen MR) is 110 cm³/mol. The van der Waals surface area contributed by atoms with Gasteiger partial charge in [-0.3, -0.25) is 0 Å². The summed E-state index contributed by atoms with van der Waals surface area (Å²) in [6.45, 7) is 6.38. The molecule has 9 heteroatoms. The van der Waals surface area contributed by atoms with Crippen LogP contribution in [0.15, 0.2) is 48.5 Å². The molecule has 0 unspecified atom stereocenters. The Morgan fingerprint density at radius 2 is 1.77 bits per heavy atom. The second-order valence-corrected chi connectivity index (χ2v) is 7.95. The van der Waals surface area contributed by atoms with Crippen LogP contribution in [-0.2, 0) is 12.0 Å². The number of aromatic nitrogens is 7. The number of nitrogens with one attached hydrogen (secondary N) is 1. The molecule has 9 nitrogen and oxygen atoms in total. The van der Waals surface area contributed by atoms with Crippen molar-refractivity contribution in [3.63, 3.8) is 0 Å². The van der Waals surface area contributed by atoms with Gasteiger partial charge in [-0.25, -0.2) is 14.5 Å². The summed E-state index contributed by atoms with van der Waals surface area (Å²) < 4.78 is 1.66. The van der Waals surface area contributed by atoms with Crippen molar-refractivity contribution in [1.82, 2.24) is 35.4 Å². The van der Waals surface area contributed by atoms with E-state index in [9.17, 15) is 9.90 Å². The van der Waals surface area contributed by atoms with Crippen molar-refractivity contribution < 1.29 is 9.90 Å². The topological polar surface area (TPSA) is 122 Å². The smallest absolute Gasteiger partial charge is 0.375 e. The average Bonchev–Trinajstić information content (AvgIpc) is 3.38. The number of benzene rings is 2. The van der Waals surface area contributed by atoms with Crippen LogP contribution in [0.1, 0.15) is 42.8 Å². The van der Waals surface area contributed by atoms with Gasteiger partial charge in [0, 0.05) is 11.0 Å². The largest absolute Gasteiger partial charge is 0.475 e. The van der Waals surface area contributed by atoms with Gasteiger partial charge in [-0.05, 0) is 21.9 Å². The summed E-state index contributed by atoms with van der Waals surface area (Å²) in [5.74, 6) is -0.155. The lowest BCUT2D eigenvalue weighted by Crippen LogP contribution is -2.20. The maximum atomic E-state index is 11.3. The fourth-order valence-corrected chi connectivity index (χ4v) is 3.27. The van der Waals surface area contributed by atoms with Gasteiger partial charge in [-0.15, -0.1) is 15.3 Å². The molecule has 0 atom stereocenters. The lowest BCUT2D eigenvalue weighted by atomic mass is 9.95. The summed E-state index contributed by atoms with van der Waals surface area (Å²) in [7, 11) is 0. The van der Waals surface area contributed by atoms with Crippen molar-refractivity contribution in [3.8, 4) is 22.5 Å². The number of aromatic carboxylic acids is 1. The molecule has 2 heterocycles. The van der Waals surface area contributed by atoms with Crippen molar-refractivity contribution in [2.75, 3.05) is 0 Å². The van der Waals surface area contributed by atoms with Crippen molar-refractivity contribution in [2.24, 2.45) is 0 Å². The normalized spacial score (nSPS) is 11.6. The van der Waals surface area contributed by atoms with E-state index in [1.54, 1.807) is 4.68 Å². The highest BCUT2D eigenvalue weighted by molar-refractivity contribution is 5.83. The first-order chi connectivity index (χ1) is 14.3. The van der Waals surface area contributed by atoms with Crippen LogP contribution in [0.5, 0.6) is 0 Å². The summed E-state index contributed by atoms with van der Waals surface area (Å²) in [5.41, 5.74) is 3.55. The Kier molecular flexibility index (Phi) is 4.86. The molecule has 0 aliphatic rings. The van der Waals surface area contributed by atoms with Crippen LogP contribution in [0.4, 0.5) is 0 Å². The van der Waals surface area contributed by atoms with Crippen LogP contribution in [0.2, 0.25) is 0 Å². The van der Waals surface area contributed by atoms with E-state index >= 15 is 0 Å². The zero-order chi connectivity index (χ0) is 21.3. The van der Waals surface area contributed by atoms with Gasteiger partial charge in [0.05, 0.1) is 6.54 Å². The molecule has 0 saturated carbocycles. The van der Waals surface area contributed by atoms with Crippen molar-refractivity contribution in [1.29, 1.82) is 0 Å². The monoisotopic (exact) mass is 403 g/mol. The second kappa shape index (κ2) is 7.51. The molecule has 30 heavy (non-hydrogen) atoms. The molecule has 0 saturated heterocycles.